The summed E-state index contributed by atoms with van der Waals surface area (Å²) in [4.78, 5) is 18.4. The third-order valence-electron chi connectivity index (χ3n) is 6.19. The Kier molecular flexibility index (Phi) is 3.67. The van der Waals surface area contributed by atoms with Gasteiger partial charge < -0.3 is 24.0 Å². The summed E-state index contributed by atoms with van der Waals surface area (Å²) in [6, 6.07) is 6.77. The van der Waals surface area contributed by atoms with Crippen LogP contribution in [0.5, 0.6) is 11.5 Å². The number of likely N-dealkylation sites (N-methyl/N-ethyl adjacent to an activating group) is 1. The van der Waals surface area contributed by atoms with E-state index in [2.05, 4.69) is 21.9 Å². The van der Waals surface area contributed by atoms with Crippen molar-refractivity contribution in [2.45, 2.75) is 30.9 Å². The molecule has 4 heterocycles. The first-order valence-corrected chi connectivity index (χ1v) is 9.45. The van der Waals surface area contributed by atoms with Gasteiger partial charge in [-0.2, -0.15) is 0 Å². The molecule has 4 aliphatic rings. The average molecular weight is 359 g/mol. The third kappa shape index (κ3) is 2.65. The van der Waals surface area contributed by atoms with Crippen LogP contribution < -0.4 is 14.4 Å². The van der Waals surface area contributed by atoms with E-state index >= 15 is 0 Å². The Balaban J connectivity index is 1.20. The second-order valence-corrected chi connectivity index (χ2v) is 7.88. The Morgan fingerprint density at radius 2 is 1.88 bits per heavy atom. The van der Waals surface area contributed by atoms with Crippen LogP contribution in [0.3, 0.4) is 0 Å². The van der Waals surface area contributed by atoms with Crippen LogP contribution in [0.4, 0.5) is 10.5 Å². The predicted molar refractivity (Wildman–Crippen MR) is 95.8 cm³/mol. The minimum absolute atomic E-state index is 0.176. The Bertz CT molecular complexity index is 719. The molecule has 26 heavy (non-hydrogen) atoms. The number of nitrogens with zero attached hydrogens (tertiary/aromatic N) is 3. The highest BCUT2D eigenvalue weighted by atomic mass is 16.7. The van der Waals surface area contributed by atoms with Gasteiger partial charge in [0.1, 0.15) is 5.60 Å². The van der Waals surface area contributed by atoms with Crippen LogP contribution >= 0.6 is 0 Å². The van der Waals surface area contributed by atoms with Crippen LogP contribution in [0.1, 0.15) is 19.3 Å². The zero-order valence-electron chi connectivity index (χ0n) is 15.1. The molecule has 0 saturated carbocycles. The van der Waals surface area contributed by atoms with Crippen LogP contribution in [-0.4, -0.2) is 74.1 Å². The molecular formula is C19H25N3O4. The smallest absolute Gasteiger partial charge is 0.410 e. The summed E-state index contributed by atoms with van der Waals surface area (Å²) >= 11 is 0. The normalized spacial score (nSPS) is 29.0. The van der Waals surface area contributed by atoms with Crippen molar-refractivity contribution in [1.29, 1.82) is 0 Å². The molecule has 1 atom stereocenters. The molecule has 0 aliphatic carbocycles. The van der Waals surface area contributed by atoms with E-state index in [1.54, 1.807) is 4.90 Å². The largest absolute Gasteiger partial charge is 0.454 e. The Labute approximate surface area is 153 Å². The zero-order chi connectivity index (χ0) is 17.7. The molecule has 0 radical (unpaired) electrons. The van der Waals surface area contributed by atoms with Crippen molar-refractivity contribution in [3.05, 3.63) is 18.2 Å². The van der Waals surface area contributed by atoms with E-state index in [4.69, 9.17) is 14.2 Å². The number of piperidine rings is 1. The number of hydrogen-bond acceptors (Lipinski definition) is 6. The minimum atomic E-state index is -0.277. The lowest BCUT2D eigenvalue weighted by atomic mass is 10.0. The molecule has 5 rings (SSSR count). The molecule has 1 aromatic carbocycles. The maximum atomic E-state index is 11.8. The van der Waals surface area contributed by atoms with E-state index in [-0.39, 0.29) is 11.7 Å². The first-order valence-electron chi connectivity index (χ1n) is 9.45. The van der Waals surface area contributed by atoms with Gasteiger partial charge in [-0.05, 0) is 25.0 Å². The summed E-state index contributed by atoms with van der Waals surface area (Å²) in [5.41, 5.74) is 0.928. The number of hydrogen-bond donors (Lipinski definition) is 0. The van der Waals surface area contributed by atoms with E-state index in [0.29, 0.717) is 12.8 Å². The highest BCUT2D eigenvalue weighted by molar-refractivity contribution is 5.70. The predicted octanol–water partition coefficient (Wildman–Crippen LogP) is 1.91. The summed E-state index contributed by atoms with van der Waals surface area (Å²) in [5, 5.41) is 0. The summed E-state index contributed by atoms with van der Waals surface area (Å²) in [7, 11) is 1.82. The van der Waals surface area contributed by atoms with E-state index < -0.39 is 0 Å². The fourth-order valence-electron chi connectivity index (χ4n) is 4.76. The summed E-state index contributed by atoms with van der Waals surface area (Å²) < 4.78 is 16.6. The number of anilines is 1. The highest BCUT2D eigenvalue weighted by Crippen LogP contribution is 2.37. The van der Waals surface area contributed by atoms with Crippen molar-refractivity contribution in [2.75, 3.05) is 51.5 Å². The van der Waals surface area contributed by atoms with Gasteiger partial charge in [0.25, 0.3) is 0 Å². The van der Waals surface area contributed by atoms with Crippen molar-refractivity contribution in [3.63, 3.8) is 0 Å². The minimum Gasteiger partial charge on any atom is -0.454 e. The lowest BCUT2D eigenvalue weighted by Gasteiger charge is -2.38. The van der Waals surface area contributed by atoms with Gasteiger partial charge in [0, 0.05) is 57.4 Å². The molecule has 140 valence electrons. The molecule has 3 fully saturated rings. The van der Waals surface area contributed by atoms with E-state index in [1.165, 1.54) is 5.69 Å². The van der Waals surface area contributed by atoms with Crippen molar-refractivity contribution in [2.24, 2.45) is 0 Å². The summed E-state index contributed by atoms with van der Waals surface area (Å²) in [6.45, 7) is 5.00. The lowest BCUT2D eigenvalue weighted by molar-refractivity contribution is 0.0566. The monoisotopic (exact) mass is 359 g/mol. The van der Waals surface area contributed by atoms with Crippen molar-refractivity contribution in [3.8, 4) is 11.5 Å². The standard InChI is InChI=1S/C19H25N3O4/c1-20-11-19(26-18(20)23)6-9-22(12-19)14-4-7-21(8-5-14)15-2-3-16-17(10-15)25-13-24-16/h2-3,10,14H,4-9,11-13H2,1H3/t19-/m0/s1. The van der Waals surface area contributed by atoms with Crippen molar-refractivity contribution in [1.82, 2.24) is 9.80 Å². The zero-order valence-corrected chi connectivity index (χ0v) is 15.1. The highest BCUT2D eigenvalue weighted by Gasteiger charge is 2.49. The van der Waals surface area contributed by atoms with Gasteiger partial charge in [-0.15, -0.1) is 0 Å². The number of ether oxygens (including phenoxy) is 3. The van der Waals surface area contributed by atoms with Gasteiger partial charge in [-0.25, -0.2) is 4.79 Å². The number of carbonyl (C=O) groups is 1. The van der Waals surface area contributed by atoms with Gasteiger partial charge in [0.15, 0.2) is 11.5 Å². The molecule has 0 unspecified atom stereocenters. The summed E-state index contributed by atoms with van der Waals surface area (Å²) in [5.74, 6) is 1.68. The molecule has 1 spiro atoms. The molecule has 0 aromatic heterocycles. The molecule has 4 aliphatic heterocycles. The Morgan fingerprint density at radius 3 is 2.65 bits per heavy atom. The van der Waals surface area contributed by atoms with Crippen LogP contribution in [0, 0.1) is 0 Å². The maximum absolute atomic E-state index is 11.8. The summed E-state index contributed by atoms with van der Waals surface area (Å²) in [6.07, 6.45) is 3.04. The fourth-order valence-corrected chi connectivity index (χ4v) is 4.76. The number of amides is 1. The molecular weight excluding hydrogens is 334 g/mol. The van der Waals surface area contributed by atoms with Gasteiger partial charge in [-0.1, -0.05) is 0 Å². The first kappa shape index (κ1) is 16.1. The van der Waals surface area contributed by atoms with Crippen molar-refractivity contribution < 1.29 is 19.0 Å². The van der Waals surface area contributed by atoms with Crippen LogP contribution in [0.25, 0.3) is 0 Å². The lowest BCUT2D eigenvalue weighted by Crippen LogP contribution is -2.46. The molecule has 1 aromatic rings. The second-order valence-electron chi connectivity index (χ2n) is 7.88. The van der Waals surface area contributed by atoms with Crippen molar-refractivity contribution >= 4 is 11.8 Å². The van der Waals surface area contributed by atoms with Gasteiger partial charge in [0.05, 0.1) is 6.54 Å². The maximum Gasteiger partial charge on any atom is 0.410 e. The molecule has 0 N–H and O–H groups in total. The number of fused-ring (bicyclic) bond motifs is 1. The molecule has 1 amide bonds. The molecule has 0 bridgehead atoms. The quantitative estimate of drug-likeness (QED) is 0.804. The van der Waals surface area contributed by atoms with E-state index in [9.17, 15) is 4.79 Å². The van der Waals surface area contributed by atoms with Crippen LogP contribution in [-0.2, 0) is 4.74 Å². The van der Waals surface area contributed by atoms with Gasteiger partial charge in [-0.3, -0.25) is 4.90 Å². The number of rotatable bonds is 2. The SMILES string of the molecule is CN1C[C@]2(CCN(C3CCN(c4ccc5c(c4)OCO5)CC3)C2)OC1=O. The molecule has 7 heteroatoms. The number of benzene rings is 1. The van der Waals surface area contributed by atoms with Gasteiger partial charge >= 0.3 is 6.09 Å². The average Bonchev–Trinajstić information content (AvgIpc) is 3.34. The van der Waals surface area contributed by atoms with Crippen LogP contribution in [0.15, 0.2) is 18.2 Å². The fraction of sp³-hybridized carbons (Fsp3) is 0.632. The third-order valence-corrected chi connectivity index (χ3v) is 6.19. The topological polar surface area (TPSA) is 54.5 Å². The Hall–Kier alpha value is -2.15. The Morgan fingerprint density at radius 1 is 1.08 bits per heavy atom. The van der Waals surface area contributed by atoms with E-state index in [0.717, 1.165) is 63.5 Å². The number of carbonyl (C=O) groups excluding carboxylic acids is 1. The first-order chi connectivity index (χ1) is 12.6. The second kappa shape index (κ2) is 5.94. The van der Waals surface area contributed by atoms with Gasteiger partial charge in [0.2, 0.25) is 6.79 Å². The van der Waals surface area contributed by atoms with Crippen LogP contribution in [0.2, 0.25) is 0 Å². The molecule has 3 saturated heterocycles. The molecule has 7 nitrogen and oxygen atoms in total. The number of likely N-dealkylation sites (tertiary alicyclic amines) is 1. The van der Waals surface area contributed by atoms with E-state index in [1.807, 2.05) is 13.1 Å².